The van der Waals surface area contributed by atoms with E-state index in [4.69, 9.17) is 16.0 Å². The minimum absolute atomic E-state index is 0.00944. The fourth-order valence-electron chi connectivity index (χ4n) is 2.66. The van der Waals surface area contributed by atoms with E-state index in [1.54, 1.807) is 6.07 Å². The number of benzene rings is 1. The molecule has 4 N–H and O–H groups in total. The molecule has 1 aliphatic rings. The van der Waals surface area contributed by atoms with Crippen molar-refractivity contribution in [2.75, 3.05) is 5.73 Å². The van der Waals surface area contributed by atoms with Crippen LogP contribution in [0.1, 0.15) is 31.5 Å². The van der Waals surface area contributed by atoms with Gasteiger partial charge in [0, 0.05) is 6.07 Å². The Kier molecular flexibility index (Phi) is 3.09. The number of aromatic nitrogens is 2. The van der Waals surface area contributed by atoms with E-state index >= 15 is 0 Å². The van der Waals surface area contributed by atoms with Crippen molar-refractivity contribution in [2.24, 2.45) is 5.73 Å². The zero-order chi connectivity index (χ0) is 15.0. The summed E-state index contributed by atoms with van der Waals surface area (Å²) in [4.78, 5) is 14.7. The molecule has 0 bridgehead atoms. The molecule has 1 heterocycles. The first-order valence-electron chi connectivity index (χ1n) is 6.67. The van der Waals surface area contributed by atoms with Gasteiger partial charge < -0.3 is 16.0 Å². The van der Waals surface area contributed by atoms with Crippen LogP contribution in [-0.2, 0) is 5.54 Å². The largest absolute Gasteiger partial charge is 0.393 e. The van der Waals surface area contributed by atoms with Gasteiger partial charge in [0.1, 0.15) is 5.69 Å². The van der Waals surface area contributed by atoms with Crippen LogP contribution in [0.4, 0.5) is 11.4 Å². The van der Waals surface area contributed by atoms with Crippen molar-refractivity contribution in [3.05, 3.63) is 34.1 Å². The van der Waals surface area contributed by atoms with Crippen molar-refractivity contribution < 1.29 is 9.45 Å². The lowest BCUT2D eigenvalue weighted by Gasteiger charge is -2.17. The molecule has 0 amide bonds. The second kappa shape index (κ2) is 4.81. The van der Waals surface area contributed by atoms with Crippen molar-refractivity contribution in [2.45, 2.75) is 31.2 Å². The Morgan fingerprint density at radius 2 is 2.05 bits per heavy atom. The van der Waals surface area contributed by atoms with Crippen molar-refractivity contribution in [1.29, 1.82) is 0 Å². The van der Waals surface area contributed by atoms with E-state index in [-0.39, 0.29) is 17.3 Å². The Morgan fingerprint density at radius 3 is 2.71 bits per heavy atom. The maximum absolute atomic E-state index is 10.9. The van der Waals surface area contributed by atoms with Crippen LogP contribution < -0.4 is 11.5 Å². The number of anilines is 1. The average molecular weight is 289 g/mol. The monoisotopic (exact) mass is 289 g/mol. The van der Waals surface area contributed by atoms with Gasteiger partial charge in [-0.3, -0.25) is 10.1 Å². The Morgan fingerprint density at radius 1 is 1.33 bits per heavy atom. The second-order valence-corrected chi connectivity index (χ2v) is 5.28. The lowest BCUT2D eigenvalue weighted by atomic mass is 9.98. The topological polar surface area (TPSA) is 134 Å². The highest BCUT2D eigenvalue weighted by atomic mass is 16.6. The van der Waals surface area contributed by atoms with Crippen molar-refractivity contribution >= 4 is 11.4 Å². The summed E-state index contributed by atoms with van der Waals surface area (Å²) in [7, 11) is 0. The van der Waals surface area contributed by atoms with E-state index in [2.05, 4.69) is 10.1 Å². The van der Waals surface area contributed by atoms with Crippen LogP contribution in [0.5, 0.6) is 0 Å². The SMILES string of the molecule is Nc1c(-c2nc(C3(N)CCCC3)no2)cccc1[N+](=O)[O-]. The first-order valence-corrected chi connectivity index (χ1v) is 6.67. The van der Waals surface area contributed by atoms with Gasteiger partial charge in [-0.2, -0.15) is 4.98 Å². The summed E-state index contributed by atoms with van der Waals surface area (Å²) in [5.74, 6) is 0.587. The van der Waals surface area contributed by atoms with Gasteiger partial charge in [-0.05, 0) is 18.9 Å². The Hall–Kier alpha value is -2.48. The molecule has 0 radical (unpaired) electrons. The first-order chi connectivity index (χ1) is 10.0. The number of hydrogen-bond acceptors (Lipinski definition) is 7. The maximum Gasteiger partial charge on any atom is 0.292 e. The lowest BCUT2D eigenvalue weighted by molar-refractivity contribution is -0.383. The van der Waals surface area contributed by atoms with Gasteiger partial charge in [-0.25, -0.2) is 0 Å². The van der Waals surface area contributed by atoms with Crippen LogP contribution in [0.2, 0.25) is 0 Å². The van der Waals surface area contributed by atoms with Crippen molar-refractivity contribution in [3.63, 3.8) is 0 Å². The normalized spacial score (nSPS) is 17.0. The zero-order valence-electron chi connectivity index (χ0n) is 11.3. The summed E-state index contributed by atoms with van der Waals surface area (Å²) in [6.07, 6.45) is 3.66. The maximum atomic E-state index is 10.9. The number of nitrogen functional groups attached to an aromatic ring is 1. The smallest absolute Gasteiger partial charge is 0.292 e. The highest BCUT2D eigenvalue weighted by Gasteiger charge is 2.36. The summed E-state index contributed by atoms with van der Waals surface area (Å²) >= 11 is 0. The fraction of sp³-hybridized carbons (Fsp3) is 0.385. The van der Waals surface area contributed by atoms with Crippen molar-refractivity contribution in [3.8, 4) is 11.5 Å². The zero-order valence-corrected chi connectivity index (χ0v) is 11.3. The molecule has 2 aromatic rings. The number of hydrogen-bond donors (Lipinski definition) is 2. The molecule has 1 aliphatic carbocycles. The van der Waals surface area contributed by atoms with Crippen LogP contribution in [0, 0.1) is 10.1 Å². The first kappa shape index (κ1) is 13.5. The summed E-state index contributed by atoms with van der Waals surface area (Å²) in [5, 5.41) is 14.8. The van der Waals surface area contributed by atoms with Crippen LogP contribution in [-0.4, -0.2) is 15.1 Å². The number of rotatable bonds is 3. The molecule has 0 aliphatic heterocycles. The van der Waals surface area contributed by atoms with E-state index in [0.717, 1.165) is 25.7 Å². The van der Waals surface area contributed by atoms with E-state index in [1.807, 2.05) is 0 Å². The van der Waals surface area contributed by atoms with Gasteiger partial charge in [0.2, 0.25) is 0 Å². The van der Waals surface area contributed by atoms with Crippen LogP contribution >= 0.6 is 0 Å². The van der Waals surface area contributed by atoms with E-state index in [9.17, 15) is 10.1 Å². The molecule has 1 fully saturated rings. The molecule has 110 valence electrons. The summed E-state index contributed by atoms with van der Waals surface area (Å²) in [6, 6.07) is 4.47. The standard InChI is InChI=1S/C13H15N5O3/c14-10-8(4-3-5-9(10)18(19)20)11-16-12(17-21-11)13(15)6-1-2-7-13/h3-5H,1-2,6-7,14-15H2. The van der Waals surface area contributed by atoms with E-state index < -0.39 is 10.5 Å². The molecule has 1 saturated carbocycles. The molecule has 1 aromatic carbocycles. The molecule has 0 unspecified atom stereocenters. The number of para-hydroxylation sites is 1. The number of nitro groups is 1. The van der Waals surface area contributed by atoms with Gasteiger partial charge in [0.15, 0.2) is 5.82 Å². The molecule has 1 aromatic heterocycles. The summed E-state index contributed by atoms with van der Waals surface area (Å²) in [5.41, 5.74) is 11.7. The van der Waals surface area contributed by atoms with Crippen LogP contribution in [0.25, 0.3) is 11.5 Å². The van der Waals surface area contributed by atoms with E-state index in [1.165, 1.54) is 12.1 Å². The third-order valence-electron chi connectivity index (χ3n) is 3.88. The van der Waals surface area contributed by atoms with Crippen molar-refractivity contribution in [1.82, 2.24) is 10.1 Å². The minimum Gasteiger partial charge on any atom is -0.393 e. The average Bonchev–Trinajstić information content (AvgIpc) is 3.08. The van der Waals surface area contributed by atoms with Gasteiger partial charge >= 0.3 is 0 Å². The predicted octanol–water partition coefficient (Wildman–Crippen LogP) is 1.95. The van der Waals surface area contributed by atoms with Gasteiger partial charge in [0.05, 0.1) is 16.0 Å². The van der Waals surface area contributed by atoms with Crippen LogP contribution in [0.3, 0.4) is 0 Å². The quantitative estimate of drug-likeness (QED) is 0.501. The molecule has 8 heteroatoms. The van der Waals surface area contributed by atoms with Crippen LogP contribution in [0.15, 0.2) is 22.7 Å². The van der Waals surface area contributed by atoms with E-state index in [0.29, 0.717) is 11.4 Å². The predicted molar refractivity (Wildman–Crippen MR) is 75.1 cm³/mol. The molecular formula is C13H15N5O3. The minimum atomic E-state index is -0.572. The molecule has 0 spiro atoms. The Balaban J connectivity index is 2.01. The number of nitrogens with zero attached hydrogens (tertiary/aromatic N) is 3. The highest BCUT2D eigenvalue weighted by molar-refractivity contribution is 5.78. The van der Waals surface area contributed by atoms with Gasteiger partial charge in [-0.1, -0.05) is 24.1 Å². The molecule has 3 rings (SSSR count). The summed E-state index contributed by atoms with van der Waals surface area (Å²) < 4.78 is 5.20. The molecule has 8 nitrogen and oxygen atoms in total. The Bertz CT molecular complexity index is 691. The second-order valence-electron chi connectivity index (χ2n) is 5.28. The molecule has 0 atom stereocenters. The lowest BCUT2D eigenvalue weighted by Crippen LogP contribution is -2.34. The molecule has 21 heavy (non-hydrogen) atoms. The fourth-order valence-corrected chi connectivity index (χ4v) is 2.66. The highest BCUT2D eigenvalue weighted by Crippen LogP contribution is 2.37. The third-order valence-corrected chi connectivity index (χ3v) is 3.88. The summed E-state index contributed by atoms with van der Waals surface area (Å²) in [6.45, 7) is 0. The number of nitrogens with two attached hydrogens (primary N) is 2. The Labute approximate surface area is 120 Å². The third kappa shape index (κ3) is 2.23. The number of nitro benzene ring substituents is 1. The molecular weight excluding hydrogens is 274 g/mol. The van der Waals surface area contributed by atoms with Gasteiger partial charge in [-0.15, -0.1) is 0 Å². The van der Waals surface area contributed by atoms with Gasteiger partial charge in [0.25, 0.3) is 11.6 Å². The molecule has 0 saturated heterocycles.